The van der Waals surface area contributed by atoms with Crippen molar-refractivity contribution in [1.29, 1.82) is 0 Å². The minimum Gasteiger partial charge on any atom is -0.479 e. The van der Waals surface area contributed by atoms with E-state index in [2.05, 4.69) is 0 Å². The molecule has 0 bridgehead atoms. The van der Waals surface area contributed by atoms with E-state index in [0.29, 0.717) is 6.42 Å². The summed E-state index contributed by atoms with van der Waals surface area (Å²) in [7, 11) is 0. The van der Waals surface area contributed by atoms with Gasteiger partial charge >= 0.3 is 5.97 Å². The number of ether oxygens (including phenoxy) is 1. The van der Waals surface area contributed by atoms with Gasteiger partial charge in [-0.15, -0.1) is 11.3 Å². The zero-order valence-electron chi connectivity index (χ0n) is 8.82. The Kier molecular flexibility index (Phi) is 2.56. The molecule has 3 nitrogen and oxygen atoms in total. The number of fused-ring (bicyclic) bond motifs is 1. The third kappa shape index (κ3) is 1.58. The normalized spacial score (nSPS) is 24.5. The van der Waals surface area contributed by atoms with E-state index in [1.807, 2.05) is 25.3 Å². The predicted molar refractivity (Wildman–Crippen MR) is 58.2 cm³/mol. The maximum atomic E-state index is 11.4. The van der Waals surface area contributed by atoms with Gasteiger partial charge in [0.15, 0.2) is 5.60 Å². The van der Waals surface area contributed by atoms with Crippen LogP contribution in [0.2, 0.25) is 0 Å². The van der Waals surface area contributed by atoms with Gasteiger partial charge in [-0.25, -0.2) is 4.79 Å². The summed E-state index contributed by atoms with van der Waals surface area (Å²) in [6.45, 7) is 3.74. The van der Waals surface area contributed by atoms with Gasteiger partial charge in [-0.3, -0.25) is 0 Å². The molecule has 0 amide bonds. The highest BCUT2D eigenvalue weighted by molar-refractivity contribution is 7.10. The Labute approximate surface area is 92.7 Å². The molecule has 1 atom stereocenters. The summed E-state index contributed by atoms with van der Waals surface area (Å²) in [6.07, 6.45) is 1.29. The van der Waals surface area contributed by atoms with Crippen molar-refractivity contribution in [3.8, 4) is 0 Å². The van der Waals surface area contributed by atoms with Gasteiger partial charge in [-0.05, 0) is 38.1 Å². The van der Waals surface area contributed by atoms with Crippen LogP contribution in [0, 0.1) is 0 Å². The Hall–Kier alpha value is -0.870. The van der Waals surface area contributed by atoms with Gasteiger partial charge in [-0.2, -0.15) is 0 Å². The lowest BCUT2D eigenvalue weighted by Gasteiger charge is -2.27. The third-order valence-corrected chi connectivity index (χ3v) is 3.65. The van der Waals surface area contributed by atoms with Crippen molar-refractivity contribution >= 4 is 17.3 Å². The standard InChI is InChI=1S/C11H14O3S/c1-7(2)14-11(10(12)13)5-3-9-8(11)4-6-15-9/h4,6-7H,3,5H2,1-2H3,(H,12,13). The van der Waals surface area contributed by atoms with E-state index in [9.17, 15) is 9.90 Å². The Morgan fingerprint density at radius 1 is 1.67 bits per heavy atom. The van der Waals surface area contributed by atoms with Crippen LogP contribution in [0.15, 0.2) is 11.4 Å². The van der Waals surface area contributed by atoms with Gasteiger partial charge in [0.2, 0.25) is 0 Å². The first-order valence-electron chi connectivity index (χ1n) is 5.04. The minimum atomic E-state index is -1.09. The summed E-state index contributed by atoms with van der Waals surface area (Å²) in [6, 6.07) is 1.88. The van der Waals surface area contributed by atoms with E-state index in [1.165, 1.54) is 0 Å². The van der Waals surface area contributed by atoms with Crippen molar-refractivity contribution in [1.82, 2.24) is 0 Å². The maximum Gasteiger partial charge on any atom is 0.340 e. The molecule has 0 saturated heterocycles. The Balaban J connectivity index is 2.42. The molecule has 1 aliphatic rings. The van der Waals surface area contributed by atoms with Crippen molar-refractivity contribution in [3.05, 3.63) is 21.9 Å². The van der Waals surface area contributed by atoms with E-state index in [-0.39, 0.29) is 6.10 Å². The first kappa shape index (κ1) is 10.6. The molecular formula is C11H14O3S. The van der Waals surface area contributed by atoms with Gasteiger partial charge in [0, 0.05) is 10.4 Å². The number of aryl methyl sites for hydroxylation is 1. The van der Waals surface area contributed by atoms with Crippen LogP contribution < -0.4 is 0 Å². The molecule has 0 saturated carbocycles. The lowest BCUT2D eigenvalue weighted by atomic mass is 9.97. The number of aliphatic carboxylic acids is 1. The molecule has 82 valence electrons. The summed E-state index contributed by atoms with van der Waals surface area (Å²) >= 11 is 1.62. The first-order valence-corrected chi connectivity index (χ1v) is 5.92. The fourth-order valence-corrected chi connectivity index (χ4v) is 3.06. The molecule has 0 aromatic carbocycles. The number of hydrogen-bond donors (Lipinski definition) is 1. The van der Waals surface area contributed by atoms with E-state index in [0.717, 1.165) is 16.9 Å². The number of rotatable bonds is 3. The Morgan fingerprint density at radius 2 is 2.40 bits per heavy atom. The van der Waals surface area contributed by atoms with Gasteiger partial charge in [-0.1, -0.05) is 0 Å². The van der Waals surface area contributed by atoms with Crippen LogP contribution in [0.5, 0.6) is 0 Å². The lowest BCUT2D eigenvalue weighted by molar-refractivity contribution is -0.173. The fourth-order valence-electron chi connectivity index (χ4n) is 2.12. The molecule has 0 fully saturated rings. The van der Waals surface area contributed by atoms with Crippen LogP contribution >= 0.6 is 11.3 Å². The van der Waals surface area contributed by atoms with Crippen molar-refractivity contribution in [3.63, 3.8) is 0 Å². The summed E-state index contributed by atoms with van der Waals surface area (Å²) in [4.78, 5) is 12.6. The van der Waals surface area contributed by atoms with Crippen molar-refractivity contribution in [2.24, 2.45) is 0 Å². The minimum absolute atomic E-state index is 0.0769. The fraction of sp³-hybridized carbons (Fsp3) is 0.545. The SMILES string of the molecule is CC(C)OC1(C(=O)O)CCc2sccc21. The molecule has 1 N–H and O–H groups in total. The lowest BCUT2D eigenvalue weighted by Crippen LogP contribution is -2.38. The van der Waals surface area contributed by atoms with Crippen LogP contribution in [0.3, 0.4) is 0 Å². The van der Waals surface area contributed by atoms with Crippen molar-refractivity contribution < 1.29 is 14.6 Å². The van der Waals surface area contributed by atoms with E-state index in [4.69, 9.17) is 4.74 Å². The van der Waals surface area contributed by atoms with Gasteiger partial charge < -0.3 is 9.84 Å². The highest BCUT2D eigenvalue weighted by atomic mass is 32.1. The summed E-state index contributed by atoms with van der Waals surface area (Å²) in [5.74, 6) is -0.867. The predicted octanol–water partition coefficient (Wildman–Crippen LogP) is 2.40. The second kappa shape index (κ2) is 3.61. The van der Waals surface area contributed by atoms with Crippen LogP contribution in [-0.4, -0.2) is 17.2 Å². The monoisotopic (exact) mass is 226 g/mol. The number of carboxylic acid groups (broad SMARTS) is 1. The molecule has 0 spiro atoms. The maximum absolute atomic E-state index is 11.4. The second-order valence-corrected chi connectivity index (χ2v) is 5.06. The van der Waals surface area contributed by atoms with Crippen LogP contribution in [0.1, 0.15) is 30.7 Å². The van der Waals surface area contributed by atoms with E-state index >= 15 is 0 Å². The second-order valence-electron chi connectivity index (χ2n) is 4.06. The van der Waals surface area contributed by atoms with E-state index in [1.54, 1.807) is 11.3 Å². The Bertz CT molecular complexity index is 383. The number of thiophene rings is 1. The molecule has 1 aromatic rings. The summed E-state index contributed by atoms with van der Waals surface area (Å²) in [5.41, 5.74) is -0.238. The molecule has 1 heterocycles. The first-order chi connectivity index (χ1) is 7.06. The van der Waals surface area contributed by atoms with Gasteiger partial charge in [0.05, 0.1) is 6.10 Å². The molecule has 0 aliphatic heterocycles. The quantitative estimate of drug-likeness (QED) is 0.860. The molecule has 1 aliphatic carbocycles. The van der Waals surface area contributed by atoms with Crippen LogP contribution in [-0.2, 0) is 21.6 Å². The van der Waals surface area contributed by atoms with Crippen molar-refractivity contribution in [2.45, 2.75) is 38.4 Å². The van der Waals surface area contributed by atoms with Crippen LogP contribution in [0.4, 0.5) is 0 Å². The molecule has 4 heteroatoms. The molecule has 15 heavy (non-hydrogen) atoms. The van der Waals surface area contributed by atoms with Gasteiger partial charge in [0.1, 0.15) is 0 Å². The third-order valence-electron chi connectivity index (χ3n) is 2.67. The molecule has 2 rings (SSSR count). The number of carboxylic acids is 1. The van der Waals surface area contributed by atoms with E-state index < -0.39 is 11.6 Å². The molecule has 0 radical (unpaired) electrons. The van der Waals surface area contributed by atoms with Gasteiger partial charge in [0.25, 0.3) is 0 Å². The molecule has 1 unspecified atom stereocenters. The zero-order valence-corrected chi connectivity index (χ0v) is 9.63. The highest BCUT2D eigenvalue weighted by Crippen LogP contribution is 2.43. The largest absolute Gasteiger partial charge is 0.479 e. The summed E-state index contributed by atoms with van der Waals surface area (Å²) < 4.78 is 5.65. The Morgan fingerprint density at radius 3 is 3.00 bits per heavy atom. The molecule has 1 aromatic heterocycles. The van der Waals surface area contributed by atoms with Crippen LogP contribution in [0.25, 0.3) is 0 Å². The zero-order chi connectivity index (χ0) is 11.1. The average molecular weight is 226 g/mol. The smallest absolute Gasteiger partial charge is 0.340 e. The summed E-state index contributed by atoms with van der Waals surface area (Å²) in [5, 5.41) is 11.3. The number of hydrogen-bond acceptors (Lipinski definition) is 3. The topological polar surface area (TPSA) is 46.5 Å². The highest BCUT2D eigenvalue weighted by Gasteiger charge is 2.48. The van der Waals surface area contributed by atoms with Crippen molar-refractivity contribution in [2.75, 3.05) is 0 Å². The molecular weight excluding hydrogens is 212 g/mol. The average Bonchev–Trinajstić information content (AvgIpc) is 2.67. The number of carbonyl (C=O) groups is 1.